The zero-order valence-electron chi connectivity index (χ0n) is 20.8. The summed E-state index contributed by atoms with van der Waals surface area (Å²) in [5.74, 6) is -0.172. The molecule has 10 heteroatoms. The molecular formula is C24H38N6O3S. The Kier molecular flexibility index (Phi) is 9.31. The zero-order valence-corrected chi connectivity index (χ0v) is 21.6. The second-order valence-corrected chi connectivity index (χ2v) is 10.8. The summed E-state index contributed by atoms with van der Waals surface area (Å²) in [5, 5.41) is 13.1. The third-order valence-electron chi connectivity index (χ3n) is 6.98. The van der Waals surface area contributed by atoms with E-state index in [2.05, 4.69) is 28.2 Å². The van der Waals surface area contributed by atoms with Gasteiger partial charge in [0.05, 0.1) is 24.6 Å². The molecule has 0 radical (unpaired) electrons. The molecule has 1 aromatic rings. The van der Waals surface area contributed by atoms with Crippen molar-refractivity contribution in [2.75, 3.05) is 66.8 Å². The molecule has 0 aromatic carbocycles. The Morgan fingerprint density at radius 3 is 2.74 bits per heavy atom. The number of nitriles is 1. The number of anilines is 1. The van der Waals surface area contributed by atoms with Crippen molar-refractivity contribution in [2.45, 2.75) is 38.1 Å². The van der Waals surface area contributed by atoms with Crippen LogP contribution in [0.4, 0.5) is 9.80 Å². The molecule has 0 unspecified atom stereocenters. The molecule has 1 aliphatic heterocycles. The zero-order chi connectivity index (χ0) is 24.8. The van der Waals surface area contributed by atoms with Crippen molar-refractivity contribution < 1.29 is 14.3 Å². The van der Waals surface area contributed by atoms with E-state index < -0.39 is 0 Å². The topological polar surface area (TPSA) is 115 Å². The number of methoxy groups -OCH3 is 1. The van der Waals surface area contributed by atoms with E-state index in [1.807, 2.05) is 14.1 Å². The molecule has 2 aliphatic rings. The predicted octanol–water partition coefficient (Wildman–Crippen LogP) is 1.76. The Balaban J connectivity index is 1.66. The first kappa shape index (κ1) is 26.4. The summed E-state index contributed by atoms with van der Waals surface area (Å²) in [7, 11) is 7.67. The number of hydrogen-bond donors (Lipinski definition) is 2. The minimum absolute atomic E-state index is 0.149. The molecule has 1 saturated heterocycles. The molecule has 3 amide bonds. The number of rotatable bonds is 9. The number of carbonyl (C=O) groups excluding carboxylic acids is 2. The van der Waals surface area contributed by atoms with Crippen LogP contribution in [0.3, 0.4) is 0 Å². The van der Waals surface area contributed by atoms with Crippen molar-refractivity contribution in [1.29, 1.82) is 5.26 Å². The maximum Gasteiger partial charge on any atom is 0.324 e. The molecule has 3 rings (SSSR count). The van der Waals surface area contributed by atoms with Crippen molar-refractivity contribution in [2.24, 2.45) is 11.8 Å². The number of unbranched alkanes of at least 4 members (excludes halogenated alkanes) is 1. The van der Waals surface area contributed by atoms with Crippen LogP contribution in [0.5, 0.6) is 0 Å². The highest BCUT2D eigenvalue weighted by atomic mass is 32.1. The van der Waals surface area contributed by atoms with Crippen molar-refractivity contribution >= 4 is 28.3 Å². The number of nitrogens with zero attached hydrogens (tertiary/aromatic N) is 4. The summed E-state index contributed by atoms with van der Waals surface area (Å²) in [4.78, 5) is 33.3. The number of amides is 3. The van der Waals surface area contributed by atoms with Gasteiger partial charge in [-0.05, 0) is 71.3 Å². The summed E-state index contributed by atoms with van der Waals surface area (Å²) < 4.78 is 5.17. The van der Waals surface area contributed by atoms with Crippen LogP contribution < -0.4 is 11.1 Å². The normalized spacial score (nSPS) is 22.1. The number of imide groups is 1. The largest absolute Gasteiger partial charge is 0.389 e. The number of piperidine rings is 1. The van der Waals surface area contributed by atoms with Crippen LogP contribution in [0, 0.1) is 23.2 Å². The molecule has 0 saturated carbocycles. The van der Waals surface area contributed by atoms with Crippen molar-refractivity contribution in [3.05, 3.63) is 16.0 Å². The van der Waals surface area contributed by atoms with Gasteiger partial charge in [0.15, 0.2) is 0 Å². The Morgan fingerprint density at radius 2 is 2.06 bits per heavy atom. The number of urea groups is 1. The molecular weight excluding hydrogens is 452 g/mol. The van der Waals surface area contributed by atoms with Crippen molar-refractivity contribution in [1.82, 2.24) is 20.0 Å². The van der Waals surface area contributed by atoms with E-state index in [1.165, 1.54) is 21.1 Å². The molecule has 0 spiro atoms. The molecule has 34 heavy (non-hydrogen) atoms. The molecule has 1 aliphatic carbocycles. The van der Waals surface area contributed by atoms with E-state index in [0.717, 1.165) is 37.8 Å². The standard InChI is InChI=1S/C24H38N6O3S/c1-28(2)8-6-5-7-27-24(32)30(9-10-33-4)23(31)17-11-16-12-18-19(14-25)22(26)34-21(18)13-20(16)29(3)15-17/h16-17,20H,5-13,15,26H2,1-4H3,(H,27,32)/t16-,17-,20-/m1/s1. The number of carbonyl (C=O) groups is 2. The number of nitrogens with one attached hydrogen (secondary N) is 1. The highest BCUT2D eigenvalue weighted by molar-refractivity contribution is 7.16. The van der Waals surface area contributed by atoms with E-state index in [9.17, 15) is 14.9 Å². The summed E-state index contributed by atoms with van der Waals surface area (Å²) in [5.41, 5.74) is 7.74. The molecule has 188 valence electrons. The summed E-state index contributed by atoms with van der Waals surface area (Å²) in [6.07, 6.45) is 4.15. The van der Waals surface area contributed by atoms with E-state index in [1.54, 1.807) is 7.11 Å². The fourth-order valence-electron chi connectivity index (χ4n) is 5.21. The maximum atomic E-state index is 13.5. The van der Waals surface area contributed by atoms with E-state index in [0.29, 0.717) is 42.7 Å². The number of hydrogen-bond acceptors (Lipinski definition) is 8. The monoisotopic (exact) mass is 490 g/mol. The Bertz CT molecular complexity index is 911. The van der Waals surface area contributed by atoms with Crippen LogP contribution in [-0.4, -0.2) is 93.7 Å². The fraction of sp³-hybridized carbons (Fsp3) is 0.708. The highest BCUT2D eigenvalue weighted by Crippen LogP contribution is 2.42. The van der Waals surface area contributed by atoms with Gasteiger partial charge < -0.3 is 25.6 Å². The van der Waals surface area contributed by atoms with Gasteiger partial charge in [0.1, 0.15) is 11.1 Å². The molecule has 2 heterocycles. The lowest BCUT2D eigenvalue weighted by Gasteiger charge is -2.45. The van der Waals surface area contributed by atoms with Gasteiger partial charge in [0, 0.05) is 31.1 Å². The fourth-order valence-corrected chi connectivity index (χ4v) is 6.31. The van der Waals surface area contributed by atoms with Crippen LogP contribution >= 0.6 is 11.3 Å². The molecule has 1 fully saturated rings. The minimum Gasteiger partial charge on any atom is -0.389 e. The Labute approximate surface area is 206 Å². The summed E-state index contributed by atoms with van der Waals surface area (Å²) >= 11 is 1.52. The highest BCUT2D eigenvalue weighted by Gasteiger charge is 2.43. The number of fused-ring (bicyclic) bond motifs is 2. The quantitative estimate of drug-likeness (QED) is 0.507. The number of nitrogen functional groups attached to an aromatic ring is 1. The maximum absolute atomic E-state index is 13.5. The first-order valence-corrected chi connectivity index (χ1v) is 12.8. The summed E-state index contributed by atoms with van der Waals surface area (Å²) in [6.45, 7) is 2.65. The second kappa shape index (κ2) is 12.0. The predicted molar refractivity (Wildman–Crippen MR) is 134 cm³/mol. The third-order valence-corrected chi connectivity index (χ3v) is 8.07. The van der Waals surface area contributed by atoms with Gasteiger partial charge in [-0.3, -0.25) is 9.69 Å². The lowest BCUT2D eigenvalue weighted by atomic mass is 9.74. The van der Waals surface area contributed by atoms with E-state index in [-0.39, 0.29) is 30.3 Å². The number of ether oxygens (including phenoxy) is 1. The van der Waals surface area contributed by atoms with Gasteiger partial charge in [-0.1, -0.05) is 0 Å². The third kappa shape index (κ3) is 6.08. The van der Waals surface area contributed by atoms with Crippen molar-refractivity contribution in [3.8, 4) is 6.07 Å². The van der Waals surface area contributed by atoms with Crippen LogP contribution in [-0.2, 0) is 22.4 Å². The molecule has 0 bridgehead atoms. The first-order valence-electron chi connectivity index (χ1n) is 12.0. The second-order valence-electron chi connectivity index (χ2n) is 9.69. The Hall–Kier alpha value is -2.19. The average Bonchev–Trinajstić information content (AvgIpc) is 3.11. The van der Waals surface area contributed by atoms with Gasteiger partial charge in [0.2, 0.25) is 5.91 Å². The number of thiophene rings is 1. The smallest absolute Gasteiger partial charge is 0.324 e. The number of nitrogens with two attached hydrogens (primary N) is 1. The number of likely N-dealkylation sites (tertiary alicyclic amines) is 1. The van der Waals surface area contributed by atoms with Crippen LogP contribution in [0.2, 0.25) is 0 Å². The average molecular weight is 491 g/mol. The van der Waals surface area contributed by atoms with Gasteiger partial charge in [-0.2, -0.15) is 5.26 Å². The van der Waals surface area contributed by atoms with Gasteiger partial charge in [-0.25, -0.2) is 4.79 Å². The number of likely N-dealkylation sites (N-methyl/N-ethyl adjacent to an activating group) is 1. The molecule has 3 N–H and O–H groups in total. The lowest BCUT2D eigenvalue weighted by Crippen LogP contribution is -2.55. The first-order chi connectivity index (χ1) is 16.3. The minimum atomic E-state index is -0.347. The van der Waals surface area contributed by atoms with Crippen LogP contribution in [0.25, 0.3) is 0 Å². The Morgan fingerprint density at radius 1 is 1.29 bits per heavy atom. The van der Waals surface area contributed by atoms with Gasteiger partial charge in [-0.15, -0.1) is 11.3 Å². The van der Waals surface area contributed by atoms with Crippen LogP contribution in [0.15, 0.2) is 0 Å². The molecule has 1 aromatic heterocycles. The lowest BCUT2D eigenvalue weighted by molar-refractivity contribution is -0.136. The summed E-state index contributed by atoms with van der Waals surface area (Å²) in [6, 6.07) is 2.23. The van der Waals surface area contributed by atoms with Gasteiger partial charge >= 0.3 is 6.03 Å². The van der Waals surface area contributed by atoms with E-state index >= 15 is 0 Å². The van der Waals surface area contributed by atoms with Crippen molar-refractivity contribution in [3.63, 3.8) is 0 Å². The van der Waals surface area contributed by atoms with Gasteiger partial charge in [0.25, 0.3) is 0 Å². The SMILES string of the molecule is COCCN(C(=O)NCCCCN(C)C)C(=O)[C@@H]1C[C@@H]2Cc3c(sc(N)c3C#N)C[C@H]2N(C)C1. The van der Waals surface area contributed by atoms with Crippen LogP contribution in [0.1, 0.15) is 35.3 Å². The molecule has 9 nitrogen and oxygen atoms in total. The van der Waals surface area contributed by atoms with E-state index in [4.69, 9.17) is 10.5 Å². The molecule has 3 atom stereocenters.